The van der Waals surface area contributed by atoms with Gasteiger partial charge in [-0.1, -0.05) is 6.07 Å². The Balaban J connectivity index is 1.81. The van der Waals surface area contributed by atoms with Gasteiger partial charge in [0, 0.05) is 13.0 Å². The van der Waals surface area contributed by atoms with Crippen molar-refractivity contribution < 1.29 is 9.47 Å². The number of aromatic nitrogens is 2. The highest BCUT2D eigenvalue weighted by Gasteiger charge is 2.15. The molecular weight excluding hydrogens is 340 g/mol. The maximum Gasteiger partial charge on any atom is 0.331 e. The quantitative estimate of drug-likeness (QED) is 0.722. The summed E-state index contributed by atoms with van der Waals surface area (Å²) in [7, 11) is 0. The summed E-state index contributed by atoms with van der Waals surface area (Å²) < 4.78 is 14.9. The van der Waals surface area contributed by atoms with Crippen LogP contribution in [0.15, 0.2) is 39.2 Å². The molecule has 0 N–H and O–H groups in total. The molecule has 7 heteroatoms. The van der Waals surface area contributed by atoms with Crippen molar-refractivity contribution in [3.63, 3.8) is 0 Å². The van der Waals surface area contributed by atoms with Gasteiger partial charge in [0.1, 0.15) is 4.70 Å². The normalized spacial score (nSPS) is 13.8. The zero-order chi connectivity index (χ0) is 17.4. The van der Waals surface area contributed by atoms with Gasteiger partial charge >= 0.3 is 5.69 Å². The van der Waals surface area contributed by atoms with Crippen LogP contribution < -0.4 is 20.7 Å². The number of rotatable bonds is 3. The highest BCUT2D eigenvalue weighted by Crippen LogP contribution is 2.30. The van der Waals surface area contributed by atoms with E-state index in [4.69, 9.17) is 9.47 Å². The van der Waals surface area contributed by atoms with Crippen molar-refractivity contribution in [3.8, 4) is 11.5 Å². The van der Waals surface area contributed by atoms with Crippen LogP contribution >= 0.6 is 11.3 Å². The van der Waals surface area contributed by atoms with Crippen LogP contribution in [-0.4, -0.2) is 22.3 Å². The van der Waals surface area contributed by atoms with Gasteiger partial charge in [0.05, 0.1) is 25.3 Å². The maximum atomic E-state index is 12.8. The molecule has 0 bridgehead atoms. The minimum Gasteiger partial charge on any atom is -0.490 e. The lowest BCUT2D eigenvalue weighted by Gasteiger charge is -2.13. The van der Waals surface area contributed by atoms with Crippen LogP contribution in [0.3, 0.4) is 0 Å². The fourth-order valence-corrected chi connectivity index (χ4v) is 3.90. The van der Waals surface area contributed by atoms with E-state index in [9.17, 15) is 9.59 Å². The summed E-state index contributed by atoms with van der Waals surface area (Å²) in [4.78, 5) is 25.2. The van der Waals surface area contributed by atoms with Gasteiger partial charge < -0.3 is 9.47 Å². The SMILES string of the molecule is CCn1c(=O)c2sccc2n(Cc2ccc3c(c2)OCCCO3)c1=O. The van der Waals surface area contributed by atoms with Crippen LogP contribution in [0.25, 0.3) is 10.2 Å². The Labute approximate surface area is 147 Å². The van der Waals surface area contributed by atoms with E-state index in [1.54, 1.807) is 11.5 Å². The summed E-state index contributed by atoms with van der Waals surface area (Å²) in [6.45, 7) is 3.80. The standard InChI is InChI=1S/C18H18N2O4S/c1-2-19-17(21)16-13(6-9-25-16)20(18(19)22)11-12-4-5-14-15(10-12)24-8-3-7-23-14/h4-6,9-10H,2-3,7-8,11H2,1H3. The van der Waals surface area contributed by atoms with Crippen LogP contribution in [0.5, 0.6) is 11.5 Å². The molecular formula is C18H18N2O4S. The largest absolute Gasteiger partial charge is 0.490 e. The molecule has 0 spiro atoms. The third kappa shape index (κ3) is 2.74. The van der Waals surface area contributed by atoms with E-state index in [1.165, 1.54) is 15.9 Å². The monoisotopic (exact) mass is 358 g/mol. The summed E-state index contributed by atoms with van der Waals surface area (Å²) in [6, 6.07) is 7.54. The Morgan fingerprint density at radius 1 is 1.08 bits per heavy atom. The second kappa shape index (κ2) is 6.40. The molecule has 25 heavy (non-hydrogen) atoms. The van der Waals surface area contributed by atoms with Crippen LogP contribution in [0, 0.1) is 0 Å². The van der Waals surface area contributed by atoms with Gasteiger partial charge in [-0.2, -0.15) is 0 Å². The number of benzene rings is 1. The molecule has 2 aromatic heterocycles. The molecule has 4 rings (SSSR count). The smallest absolute Gasteiger partial charge is 0.331 e. The van der Waals surface area contributed by atoms with Crippen molar-refractivity contribution in [3.05, 3.63) is 56.0 Å². The molecule has 0 saturated heterocycles. The maximum absolute atomic E-state index is 12.8. The summed E-state index contributed by atoms with van der Waals surface area (Å²) >= 11 is 1.36. The zero-order valence-electron chi connectivity index (χ0n) is 13.9. The average molecular weight is 358 g/mol. The Morgan fingerprint density at radius 2 is 1.88 bits per heavy atom. The van der Waals surface area contributed by atoms with Crippen molar-refractivity contribution >= 4 is 21.6 Å². The lowest BCUT2D eigenvalue weighted by molar-refractivity contribution is 0.297. The zero-order valence-corrected chi connectivity index (χ0v) is 14.7. The van der Waals surface area contributed by atoms with Crippen LogP contribution in [0.4, 0.5) is 0 Å². The van der Waals surface area contributed by atoms with E-state index in [0.29, 0.717) is 42.3 Å². The Kier molecular flexibility index (Phi) is 4.09. The second-order valence-electron chi connectivity index (χ2n) is 5.88. The Bertz CT molecular complexity index is 1050. The van der Waals surface area contributed by atoms with E-state index in [1.807, 2.05) is 29.6 Å². The fraction of sp³-hybridized carbons (Fsp3) is 0.333. The first-order chi connectivity index (χ1) is 12.2. The first kappa shape index (κ1) is 16.0. The summed E-state index contributed by atoms with van der Waals surface area (Å²) in [5.74, 6) is 1.43. The topological polar surface area (TPSA) is 62.5 Å². The van der Waals surface area contributed by atoms with Gasteiger partial charge in [-0.3, -0.25) is 13.9 Å². The molecule has 0 radical (unpaired) electrons. The summed E-state index contributed by atoms with van der Waals surface area (Å²) in [5.41, 5.74) is 1.11. The predicted octanol–water partition coefficient (Wildman–Crippen LogP) is 2.45. The van der Waals surface area contributed by atoms with Crippen LogP contribution in [-0.2, 0) is 13.1 Å². The number of fused-ring (bicyclic) bond motifs is 2. The molecule has 0 atom stereocenters. The third-order valence-electron chi connectivity index (χ3n) is 4.31. The fourth-order valence-electron chi connectivity index (χ4n) is 3.05. The van der Waals surface area contributed by atoms with Gasteiger partial charge in [-0.05, 0) is 36.1 Å². The highest BCUT2D eigenvalue weighted by atomic mass is 32.1. The number of hydrogen-bond acceptors (Lipinski definition) is 5. The first-order valence-corrected chi connectivity index (χ1v) is 9.16. The molecule has 0 amide bonds. The minimum atomic E-state index is -0.287. The van der Waals surface area contributed by atoms with E-state index >= 15 is 0 Å². The second-order valence-corrected chi connectivity index (χ2v) is 6.80. The van der Waals surface area contributed by atoms with Crippen molar-refractivity contribution in [1.29, 1.82) is 0 Å². The van der Waals surface area contributed by atoms with Gasteiger partial charge in [0.15, 0.2) is 11.5 Å². The van der Waals surface area contributed by atoms with Crippen molar-refractivity contribution in [2.24, 2.45) is 0 Å². The lowest BCUT2D eigenvalue weighted by atomic mass is 10.2. The molecule has 3 aromatic rings. The van der Waals surface area contributed by atoms with E-state index in [2.05, 4.69) is 0 Å². The number of hydrogen-bond donors (Lipinski definition) is 0. The highest BCUT2D eigenvalue weighted by molar-refractivity contribution is 7.17. The van der Waals surface area contributed by atoms with Gasteiger partial charge in [-0.15, -0.1) is 11.3 Å². The third-order valence-corrected chi connectivity index (χ3v) is 5.20. The van der Waals surface area contributed by atoms with Crippen molar-refractivity contribution in [1.82, 2.24) is 9.13 Å². The number of nitrogens with zero attached hydrogens (tertiary/aromatic N) is 2. The molecule has 1 aliphatic heterocycles. The summed E-state index contributed by atoms with van der Waals surface area (Å²) in [6.07, 6.45) is 0.848. The van der Waals surface area contributed by atoms with Crippen LogP contribution in [0.2, 0.25) is 0 Å². The predicted molar refractivity (Wildman–Crippen MR) is 97.2 cm³/mol. The molecule has 6 nitrogen and oxygen atoms in total. The molecule has 1 aliphatic rings. The number of ether oxygens (including phenoxy) is 2. The van der Waals surface area contributed by atoms with E-state index in [0.717, 1.165) is 17.7 Å². The minimum absolute atomic E-state index is 0.215. The van der Waals surface area contributed by atoms with Crippen LogP contribution in [0.1, 0.15) is 18.9 Å². The Hall–Kier alpha value is -2.54. The molecule has 0 fully saturated rings. The molecule has 130 valence electrons. The van der Waals surface area contributed by atoms with E-state index < -0.39 is 0 Å². The summed E-state index contributed by atoms with van der Waals surface area (Å²) in [5, 5.41) is 1.84. The lowest BCUT2D eigenvalue weighted by Crippen LogP contribution is -2.39. The van der Waals surface area contributed by atoms with Gasteiger partial charge in [0.25, 0.3) is 5.56 Å². The first-order valence-electron chi connectivity index (χ1n) is 8.28. The molecule has 0 saturated carbocycles. The molecule has 0 unspecified atom stereocenters. The van der Waals surface area contributed by atoms with Gasteiger partial charge in [-0.25, -0.2) is 4.79 Å². The van der Waals surface area contributed by atoms with Crippen molar-refractivity contribution in [2.75, 3.05) is 13.2 Å². The number of thiophene rings is 1. The van der Waals surface area contributed by atoms with Crippen molar-refractivity contribution in [2.45, 2.75) is 26.4 Å². The van der Waals surface area contributed by atoms with E-state index in [-0.39, 0.29) is 11.2 Å². The van der Waals surface area contributed by atoms with Gasteiger partial charge in [0.2, 0.25) is 0 Å². The molecule has 1 aromatic carbocycles. The average Bonchev–Trinajstić information content (AvgIpc) is 2.98. The molecule has 0 aliphatic carbocycles. The molecule has 3 heterocycles. The Morgan fingerprint density at radius 3 is 2.68 bits per heavy atom.